The second-order valence-electron chi connectivity index (χ2n) is 7.32. The van der Waals surface area contributed by atoms with Crippen LogP contribution < -0.4 is 9.64 Å². The largest absolute Gasteiger partial charge is 0.497 e. The average Bonchev–Trinajstić information content (AvgIpc) is 3.16. The van der Waals surface area contributed by atoms with Gasteiger partial charge >= 0.3 is 0 Å². The van der Waals surface area contributed by atoms with Crippen LogP contribution in [0.3, 0.4) is 0 Å². The molecule has 0 atom stereocenters. The molecule has 1 saturated heterocycles. The number of H-pyrrole nitrogens is 1. The van der Waals surface area contributed by atoms with Crippen molar-refractivity contribution >= 4 is 22.4 Å². The number of hydrogen-bond acceptors (Lipinski definition) is 4. The van der Waals surface area contributed by atoms with Crippen molar-refractivity contribution in [3.05, 3.63) is 59.3 Å². The van der Waals surface area contributed by atoms with Gasteiger partial charge in [0.15, 0.2) is 5.78 Å². The molecule has 0 bridgehead atoms. The number of nitrogens with one attached hydrogen (secondary N) is 1. The molecule has 0 amide bonds. The molecule has 2 heterocycles. The van der Waals surface area contributed by atoms with Crippen LogP contribution in [-0.4, -0.2) is 31.0 Å². The Morgan fingerprint density at radius 2 is 2.00 bits per heavy atom. The van der Waals surface area contributed by atoms with Crippen LogP contribution in [0.1, 0.15) is 47.2 Å². The lowest BCUT2D eigenvalue weighted by molar-refractivity contribution is 0.101. The second-order valence-corrected chi connectivity index (χ2v) is 7.32. The molecule has 142 valence electrons. The Kier molecular flexibility index (Phi) is 4.79. The first kappa shape index (κ1) is 18.1. The van der Waals surface area contributed by atoms with E-state index in [1.165, 1.54) is 10.9 Å². The quantitative estimate of drug-likeness (QED) is 0.677. The first-order valence-corrected chi connectivity index (χ1v) is 9.55. The molecular formula is C23H23N3O2. The fraction of sp³-hybridized carbons (Fsp3) is 0.304. The maximum absolute atomic E-state index is 12.0. The zero-order valence-corrected chi connectivity index (χ0v) is 16.2. The second kappa shape index (κ2) is 7.40. The van der Waals surface area contributed by atoms with E-state index < -0.39 is 0 Å². The number of piperidine rings is 1. The van der Waals surface area contributed by atoms with E-state index in [0.29, 0.717) is 17.0 Å². The highest BCUT2D eigenvalue weighted by molar-refractivity contribution is 6.00. The van der Waals surface area contributed by atoms with E-state index in [1.807, 2.05) is 12.1 Å². The molecule has 2 aromatic carbocycles. The summed E-state index contributed by atoms with van der Waals surface area (Å²) in [7, 11) is 1.69. The summed E-state index contributed by atoms with van der Waals surface area (Å²) in [5.74, 6) is 1.35. The number of methoxy groups -OCH3 is 1. The molecule has 1 aliphatic heterocycles. The minimum atomic E-state index is 0.0327. The number of aromatic amines is 1. The van der Waals surface area contributed by atoms with Gasteiger partial charge in [-0.1, -0.05) is 0 Å². The average molecular weight is 373 g/mol. The Hall–Kier alpha value is -3.26. The lowest BCUT2D eigenvalue weighted by Crippen LogP contribution is -2.33. The number of anilines is 1. The van der Waals surface area contributed by atoms with Crippen LogP contribution in [0, 0.1) is 11.3 Å². The molecule has 0 saturated carbocycles. The van der Waals surface area contributed by atoms with E-state index >= 15 is 0 Å². The number of benzene rings is 2. The molecule has 28 heavy (non-hydrogen) atoms. The van der Waals surface area contributed by atoms with Gasteiger partial charge in [-0.25, -0.2) is 0 Å². The first-order chi connectivity index (χ1) is 13.6. The summed E-state index contributed by atoms with van der Waals surface area (Å²) < 4.78 is 5.39. The molecule has 0 aliphatic carbocycles. The number of fused-ring (bicyclic) bond motifs is 1. The van der Waals surface area contributed by atoms with Crippen molar-refractivity contribution in [3.8, 4) is 11.8 Å². The molecule has 1 N–H and O–H groups in total. The maximum atomic E-state index is 12.0. The fourth-order valence-electron chi connectivity index (χ4n) is 4.18. The number of rotatable bonds is 4. The number of nitrogens with zero attached hydrogens (tertiary/aromatic N) is 2. The molecule has 1 aliphatic rings. The van der Waals surface area contributed by atoms with Gasteiger partial charge in [-0.05, 0) is 67.6 Å². The number of ether oxygens (including phenoxy) is 1. The van der Waals surface area contributed by atoms with Gasteiger partial charge < -0.3 is 14.6 Å². The number of aromatic nitrogens is 1. The lowest BCUT2D eigenvalue weighted by atomic mass is 9.88. The van der Waals surface area contributed by atoms with Gasteiger partial charge in [-0.2, -0.15) is 5.26 Å². The van der Waals surface area contributed by atoms with Crippen molar-refractivity contribution in [1.82, 2.24) is 4.98 Å². The summed E-state index contributed by atoms with van der Waals surface area (Å²) in [5, 5.41) is 10.4. The standard InChI is InChI=1S/C23H23N3O2/c1-15(27)19-5-3-16(13-24)11-23(19)26-9-7-17(8-10-26)21-14-25-22-6-4-18(28-2)12-20(21)22/h3-6,11-12,14,17,25H,7-10H2,1-2H3. The van der Waals surface area contributed by atoms with Crippen molar-refractivity contribution in [2.24, 2.45) is 0 Å². The number of carbonyl (C=O) groups is 1. The third kappa shape index (κ3) is 3.22. The van der Waals surface area contributed by atoms with E-state index in [4.69, 9.17) is 4.74 Å². The lowest BCUT2D eigenvalue weighted by Gasteiger charge is -2.34. The Bertz CT molecular complexity index is 1070. The zero-order chi connectivity index (χ0) is 19.7. The van der Waals surface area contributed by atoms with Crippen LogP contribution >= 0.6 is 0 Å². The van der Waals surface area contributed by atoms with E-state index in [0.717, 1.165) is 42.9 Å². The van der Waals surface area contributed by atoms with Crippen molar-refractivity contribution in [2.45, 2.75) is 25.7 Å². The molecule has 0 spiro atoms. The van der Waals surface area contributed by atoms with Gasteiger partial charge in [0, 0.05) is 41.4 Å². The predicted octanol–water partition coefficient (Wildman–Crippen LogP) is 4.63. The van der Waals surface area contributed by atoms with Gasteiger partial charge in [0.1, 0.15) is 5.75 Å². The molecule has 3 aromatic rings. The SMILES string of the molecule is COc1ccc2[nH]cc(C3CCN(c4cc(C#N)ccc4C(C)=O)CC3)c2c1. The minimum Gasteiger partial charge on any atom is -0.497 e. The summed E-state index contributed by atoms with van der Waals surface area (Å²) in [5.41, 5.74) is 4.61. The Morgan fingerprint density at radius 3 is 2.68 bits per heavy atom. The van der Waals surface area contributed by atoms with E-state index in [1.54, 1.807) is 26.2 Å². The van der Waals surface area contributed by atoms with Crippen LogP contribution in [0.25, 0.3) is 10.9 Å². The Labute approximate surface area is 164 Å². The summed E-state index contributed by atoms with van der Waals surface area (Å²) >= 11 is 0. The van der Waals surface area contributed by atoms with Crippen molar-refractivity contribution < 1.29 is 9.53 Å². The highest BCUT2D eigenvalue weighted by atomic mass is 16.5. The van der Waals surface area contributed by atoms with Gasteiger partial charge in [0.05, 0.1) is 18.7 Å². The monoisotopic (exact) mass is 373 g/mol. The Balaban J connectivity index is 1.58. The number of carbonyl (C=O) groups excluding carboxylic acids is 1. The summed E-state index contributed by atoms with van der Waals surface area (Å²) in [6.07, 6.45) is 4.11. The van der Waals surface area contributed by atoms with Crippen molar-refractivity contribution in [1.29, 1.82) is 5.26 Å². The molecule has 5 heteroatoms. The summed E-state index contributed by atoms with van der Waals surface area (Å²) in [4.78, 5) is 17.6. The number of ketones is 1. The van der Waals surface area contributed by atoms with Gasteiger partial charge in [-0.15, -0.1) is 0 Å². The highest BCUT2D eigenvalue weighted by Crippen LogP contribution is 2.36. The van der Waals surface area contributed by atoms with Gasteiger partial charge in [0.2, 0.25) is 0 Å². The van der Waals surface area contributed by atoms with E-state index in [2.05, 4.69) is 34.3 Å². The molecule has 1 aromatic heterocycles. The minimum absolute atomic E-state index is 0.0327. The number of nitriles is 1. The number of Topliss-reactive ketones (excluding diaryl/α,β-unsaturated/α-hetero) is 1. The molecule has 0 unspecified atom stereocenters. The smallest absolute Gasteiger partial charge is 0.161 e. The number of hydrogen-bond donors (Lipinski definition) is 1. The topological polar surface area (TPSA) is 69.1 Å². The first-order valence-electron chi connectivity index (χ1n) is 9.55. The molecule has 5 nitrogen and oxygen atoms in total. The summed E-state index contributed by atoms with van der Waals surface area (Å²) in [6, 6.07) is 13.6. The fourth-order valence-corrected chi connectivity index (χ4v) is 4.18. The van der Waals surface area contributed by atoms with Crippen LogP contribution in [-0.2, 0) is 0 Å². The molecule has 4 rings (SSSR count). The third-order valence-electron chi connectivity index (χ3n) is 5.70. The van der Waals surface area contributed by atoms with Crippen LogP contribution in [0.2, 0.25) is 0 Å². The molecule has 0 radical (unpaired) electrons. The van der Waals surface area contributed by atoms with Gasteiger partial charge in [-0.3, -0.25) is 4.79 Å². The molecular weight excluding hydrogens is 350 g/mol. The van der Waals surface area contributed by atoms with E-state index in [9.17, 15) is 10.1 Å². The van der Waals surface area contributed by atoms with Crippen LogP contribution in [0.4, 0.5) is 5.69 Å². The highest BCUT2D eigenvalue weighted by Gasteiger charge is 2.25. The predicted molar refractivity (Wildman–Crippen MR) is 110 cm³/mol. The summed E-state index contributed by atoms with van der Waals surface area (Å²) in [6.45, 7) is 3.30. The normalized spacial score (nSPS) is 14.8. The molecule has 1 fully saturated rings. The Morgan fingerprint density at radius 1 is 1.21 bits per heavy atom. The van der Waals surface area contributed by atoms with Gasteiger partial charge in [0.25, 0.3) is 0 Å². The van der Waals surface area contributed by atoms with Crippen LogP contribution in [0.5, 0.6) is 5.75 Å². The van der Waals surface area contributed by atoms with Crippen molar-refractivity contribution in [2.75, 3.05) is 25.1 Å². The third-order valence-corrected chi connectivity index (χ3v) is 5.70. The van der Waals surface area contributed by atoms with Crippen LogP contribution in [0.15, 0.2) is 42.6 Å². The van der Waals surface area contributed by atoms with E-state index in [-0.39, 0.29) is 5.78 Å². The zero-order valence-electron chi connectivity index (χ0n) is 16.2. The maximum Gasteiger partial charge on any atom is 0.161 e. The van der Waals surface area contributed by atoms with Crippen molar-refractivity contribution in [3.63, 3.8) is 0 Å².